The molecule has 0 aliphatic carbocycles. The van der Waals surface area contributed by atoms with Crippen molar-refractivity contribution in [3.63, 3.8) is 0 Å². The normalized spacial score (nSPS) is 35.0. The summed E-state index contributed by atoms with van der Waals surface area (Å²) >= 11 is 0. The van der Waals surface area contributed by atoms with Crippen LogP contribution in [0.25, 0.3) is 0 Å². The van der Waals surface area contributed by atoms with Crippen LogP contribution in [-0.2, 0) is 4.74 Å². The standard InChI is InChI=1S/C18H26NO/c1-13-9-14(2)11-16(10-13)17-18(7-6-8-20-18)15(3)12-19(17,4)5/h6-7,9-11,15,17H,8,12H2,1-5H3/q+1. The Bertz CT molecular complexity index is 540. The van der Waals surface area contributed by atoms with Crippen molar-refractivity contribution in [2.24, 2.45) is 5.92 Å². The molecule has 3 atom stereocenters. The quantitative estimate of drug-likeness (QED) is 0.562. The summed E-state index contributed by atoms with van der Waals surface area (Å²) in [6.07, 6.45) is 4.52. The molecule has 0 bridgehead atoms. The minimum Gasteiger partial charge on any atom is -0.360 e. The number of aryl methyl sites for hydroxylation is 2. The SMILES string of the molecule is Cc1cc(C)cc(C2C3(C=CCO3)C(C)C[N+]2(C)C)c1. The lowest BCUT2D eigenvalue weighted by Crippen LogP contribution is -2.45. The molecule has 1 aromatic rings. The van der Waals surface area contributed by atoms with Crippen LogP contribution in [0.2, 0.25) is 0 Å². The number of likely N-dealkylation sites (N-methyl/N-ethyl adjacent to an activating group) is 1. The summed E-state index contributed by atoms with van der Waals surface area (Å²) in [7, 11) is 4.67. The largest absolute Gasteiger partial charge is 0.360 e. The van der Waals surface area contributed by atoms with Crippen LogP contribution in [0.5, 0.6) is 0 Å². The molecule has 0 radical (unpaired) electrons. The average Bonchev–Trinajstić information content (AvgIpc) is 2.83. The van der Waals surface area contributed by atoms with E-state index in [2.05, 4.69) is 65.2 Å². The van der Waals surface area contributed by atoms with Gasteiger partial charge in [0.05, 0.1) is 27.2 Å². The lowest BCUT2D eigenvalue weighted by atomic mass is 9.82. The molecule has 2 aliphatic rings. The maximum absolute atomic E-state index is 6.27. The third-order valence-corrected chi connectivity index (χ3v) is 5.01. The van der Waals surface area contributed by atoms with Crippen molar-refractivity contribution < 1.29 is 9.22 Å². The first-order valence-electron chi connectivity index (χ1n) is 7.58. The van der Waals surface area contributed by atoms with Gasteiger partial charge in [-0.15, -0.1) is 0 Å². The van der Waals surface area contributed by atoms with E-state index in [0.717, 1.165) is 17.6 Å². The zero-order chi connectivity index (χ0) is 14.5. The van der Waals surface area contributed by atoms with Crippen LogP contribution in [0.1, 0.15) is 29.7 Å². The summed E-state index contributed by atoms with van der Waals surface area (Å²) in [4.78, 5) is 0. The molecule has 3 unspecified atom stereocenters. The molecule has 1 saturated heterocycles. The molecule has 1 fully saturated rings. The van der Waals surface area contributed by atoms with E-state index in [1.165, 1.54) is 16.7 Å². The number of rotatable bonds is 1. The van der Waals surface area contributed by atoms with Gasteiger partial charge in [0, 0.05) is 11.5 Å². The molecule has 20 heavy (non-hydrogen) atoms. The van der Waals surface area contributed by atoms with Gasteiger partial charge in [-0.2, -0.15) is 0 Å². The summed E-state index contributed by atoms with van der Waals surface area (Å²) in [5.74, 6) is 0.544. The van der Waals surface area contributed by atoms with Crippen LogP contribution in [0.4, 0.5) is 0 Å². The monoisotopic (exact) mass is 272 g/mol. The van der Waals surface area contributed by atoms with E-state index in [0.29, 0.717) is 12.0 Å². The Morgan fingerprint density at radius 2 is 1.80 bits per heavy atom. The Morgan fingerprint density at radius 1 is 1.15 bits per heavy atom. The predicted octanol–water partition coefficient (Wildman–Crippen LogP) is 3.40. The summed E-state index contributed by atoms with van der Waals surface area (Å²) in [5.41, 5.74) is 3.99. The fourth-order valence-corrected chi connectivity index (χ4v) is 4.55. The van der Waals surface area contributed by atoms with Gasteiger partial charge < -0.3 is 9.22 Å². The van der Waals surface area contributed by atoms with E-state index in [4.69, 9.17) is 4.74 Å². The smallest absolute Gasteiger partial charge is 0.150 e. The van der Waals surface area contributed by atoms with Crippen molar-refractivity contribution in [1.82, 2.24) is 0 Å². The van der Waals surface area contributed by atoms with Crippen LogP contribution in [0.15, 0.2) is 30.4 Å². The molecule has 2 heteroatoms. The second-order valence-corrected chi connectivity index (χ2v) is 7.25. The fraction of sp³-hybridized carbons (Fsp3) is 0.556. The van der Waals surface area contributed by atoms with Gasteiger partial charge >= 0.3 is 0 Å². The van der Waals surface area contributed by atoms with Crippen molar-refractivity contribution >= 4 is 0 Å². The third kappa shape index (κ3) is 1.94. The van der Waals surface area contributed by atoms with E-state index in [-0.39, 0.29) is 5.60 Å². The molecule has 0 aromatic heterocycles. The van der Waals surface area contributed by atoms with Gasteiger partial charge in [0.2, 0.25) is 0 Å². The maximum atomic E-state index is 6.27. The molecule has 2 aliphatic heterocycles. The lowest BCUT2D eigenvalue weighted by molar-refractivity contribution is -0.912. The van der Waals surface area contributed by atoms with Crippen LogP contribution >= 0.6 is 0 Å². The van der Waals surface area contributed by atoms with Gasteiger partial charge in [-0.25, -0.2) is 0 Å². The topological polar surface area (TPSA) is 9.23 Å². The van der Waals surface area contributed by atoms with E-state index in [9.17, 15) is 0 Å². The van der Waals surface area contributed by atoms with E-state index in [1.54, 1.807) is 0 Å². The first-order chi connectivity index (χ1) is 9.35. The van der Waals surface area contributed by atoms with E-state index in [1.807, 2.05) is 0 Å². The summed E-state index contributed by atoms with van der Waals surface area (Å²) in [6.45, 7) is 8.62. The van der Waals surface area contributed by atoms with Gasteiger partial charge in [0.25, 0.3) is 0 Å². The zero-order valence-electron chi connectivity index (χ0n) is 13.3. The fourth-order valence-electron chi connectivity index (χ4n) is 4.55. The first kappa shape index (κ1) is 13.8. The van der Waals surface area contributed by atoms with Gasteiger partial charge in [0.1, 0.15) is 6.04 Å². The van der Waals surface area contributed by atoms with Gasteiger partial charge in [-0.05, 0) is 19.9 Å². The number of hydrogen-bond donors (Lipinski definition) is 0. The number of likely N-dealkylation sites (tertiary alicyclic amines) is 1. The van der Waals surface area contributed by atoms with Crippen molar-refractivity contribution in [3.8, 4) is 0 Å². The van der Waals surface area contributed by atoms with Gasteiger partial charge in [0.15, 0.2) is 5.60 Å². The predicted molar refractivity (Wildman–Crippen MR) is 82.6 cm³/mol. The van der Waals surface area contributed by atoms with Crippen molar-refractivity contribution in [3.05, 3.63) is 47.0 Å². The Labute approximate surface area is 122 Å². The Kier molecular flexibility index (Phi) is 3.07. The van der Waals surface area contributed by atoms with Crippen LogP contribution in [-0.4, -0.2) is 37.3 Å². The van der Waals surface area contributed by atoms with Crippen LogP contribution in [0.3, 0.4) is 0 Å². The van der Waals surface area contributed by atoms with Crippen LogP contribution < -0.4 is 0 Å². The molecular formula is C18H26NO+. The Morgan fingerprint density at radius 3 is 2.35 bits per heavy atom. The molecule has 2 heterocycles. The highest BCUT2D eigenvalue weighted by molar-refractivity contribution is 5.34. The zero-order valence-corrected chi connectivity index (χ0v) is 13.3. The highest BCUT2D eigenvalue weighted by Crippen LogP contribution is 2.51. The number of benzene rings is 1. The molecule has 3 rings (SSSR count). The minimum absolute atomic E-state index is 0.121. The molecule has 0 saturated carbocycles. The molecule has 108 valence electrons. The first-order valence-corrected chi connectivity index (χ1v) is 7.58. The molecular weight excluding hydrogens is 246 g/mol. The van der Waals surface area contributed by atoms with E-state index >= 15 is 0 Å². The van der Waals surface area contributed by atoms with Gasteiger partial charge in [-0.3, -0.25) is 0 Å². The number of hydrogen-bond acceptors (Lipinski definition) is 1. The Hall–Kier alpha value is -1.12. The van der Waals surface area contributed by atoms with Crippen molar-refractivity contribution in [1.29, 1.82) is 0 Å². The van der Waals surface area contributed by atoms with E-state index < -0.39 is 0 Å². The molecule has 0 amide bonds. The number of ether oxygens (including phenoxy) is 1. The maximum Gasteiger partial charge on any atom is 0.150 e. The second kappa shape index (κ2) is 4.44. The molecule has 1 spiro atoms. The number of nitrogens with zero attached hydrogens (tertiary/aromatic N) is 1. The van der Waals surface area contributed by atoms with Gasteiger partial charge in [-0.1, -0.05) is 42.3 Å². The molecule has 2 nitrogen and oxygen atoms in total. The second-order valence-electron chi connectivity index (χ2n) is 7.25. The highest BCUT2D eigenvalue weighted by Gasteiger charge is 2.60. The lowest BCUT2D eigenvalue weighted by Gasteiger charge is -2.38. The minimum atomic E-state index is -0.121. The highest BCUT2D eigenvalue weighted by atomic mass is 16.5. The average molecular weight is 272 g/mol. The molecule has 1 aromatic carbocycles. The third-order valence-electron chi connectivity index (χ3n) is 5.01. The van der Waals surface area contributed by atoms with Crippen molar-refractivity contribution in [2.75, 3.05) is 27.2 Å². The summed E-state index contributed by atoms with van der Waals surface area (Å²) < 4.78 is 7.26. The summed E-state index contributed by atoms with van der Waals surface area (Å²) in [5, 5.41) is 0. The van der Waals surface area contributed by atoms with Crippen LogP contribution in [0, 0.1) is 19.8 Å². The number of quaternary nitrogens is 1. The Balaban J connectivity index is 2.14. The summed E-state index contributed by atoms with van der Waals surface area (Å²) in [6, 6.07) is 7.31. The molecule has 0 N–H and O–H groups in total. The van der Waals surface area contributed by atoms with Crippen molar-refractivity contribution in [2.45, 2.75) is 32.4 Å².